The Bertz CT molecular complexity index is 780. The van der Waals surface area contributed by atoms with Crippen molar-refractivity contribution in [3.8, 4) is 0 Å². The van der Waals surface area contributed by atoms with Crippen molar-refractivity contribution in [1.82, 2.24) is 0 Å². The van der Waals surface area contributed by atoms with E-state index in [1.54, 1.807) is 0 Å². The van der Waals surface area contributed by atoms with Crippen molar-refractivity contribution >= 4 is 17.9 Å². The summed E-state index contributed by atoms with van der Waals surface area (Å²) < 4.78 is 22.5. The van der Waals surface area contributed by atoms with Crippen LogP contribution in [0.1, 0.15) is 149 Å². The topological polar surface area (TPSA) is 108 Å². The summed E-state index contributed by atoms with van der Waals surface area (Å²) in [4.78, 5) is 36.7. The van der Waals surface area contributed by atoms with Gasteiger partial charge in [-0.2, -0.15) is 0 Å². The zero-order chi connectivity index (χ0) is 34.3. The van der Waals surface area contributed by atoms with Gasteiger partial charge >= 0.3 is 17.9 Å². The largest absolute Gasteiger partial charge is 0.477 e. The van der Waals surface area contributed by atoms with Crippen LogP contribution in [0.3, 0.4) is 0 Å². The number of nitrogens with zero attached hydrogens (tertiary/aromatic N) is 1. The summed E-state index contributed by atoms with van der Waals surface area (Å²) in [5.41, 5.74) is 0. The van der Waals surface area contributed by atoms with Gasteiger partial charge in [-0.25, -0.2) is 4.79 Å². The first-order valence-electron chi connectivity index (χ1n) is 18.4. The van der Waals surface area contributed by atoms with Crippen LogP contribution in [0.2, 0.25) is 0 Å². The van der Waals surface area contributed by atoms with Crippen molar-refractivity contribution in [2.45, 2.75) is 161 Å². The third-order valence-corrected chi connectivity index (χ3v) is 7.77. The van der Waals surface area contributed by atoms with Crippen molar-refractivity contribution in [3.63, 3.8) is 0 Å². The molecule has 1 N–H and O–H groups in total. The lowest BCUT2D eigenvalue weighted by Gasteiger charge is -2.25. The molecule has 0 heterocycles. The van der Waals surface area contributed by atoms with E-state index in [1.807, 2.05) is 21.1 Å². The van der Waals surface area contributed by atoms with Gasteiger partial charge in [-0.05, 0) is 38.5 Å². The third kappa shape index (κ3) is 30.7. The molecule has 0 aromatic rings. The fourth-order valence-electron chi connectivity index (χ4n) is 4.83. The highest BCUT2D eigenvalue weighted by molar-refractivity contribution is 5.71. The molecule has 270 valence electrons. The van der Waals surface area contributed by atoms with Gasteiger partial charge in [0.2, 0.25) is 0 Å². The standard InChI is InChI=1S/C37H69NO8/c1-6-8-10-12-14-16-17-18-19-20-22-24-26-28-35(40)46-33(32-45-37(36(41)42)43-30-29-38(3,4)5)31-44-34(39)27-25-23-21-15-13-11-9-7-2/h16-17,33,37H,6-15,18-32H2,1-5H3/p+1/b17-16-. The molecule has 0 aromatic carbocycles. The summed E-state index contributed by atoms with van der Waals surface area (Å²) in [5, 5.41) is 9.55. The van der Waals surface area contributed by atoms with Crippen LogP contribution in [0.5, 0.6) is 0 Å². The molecule has 0 rings (SSSR count). The normalized spacial score (nSPS) is 13.2. The van der Waals surface area contributed by atoms with Crippen molar-refractivity contribution < 1.29 is 42.9 Å². The molecule has 2 atom stereocenters. The van der Waals surface area contributed by atoms with Gasteiger partial charge in [0.1, 0.15) is 13.2 Å². The van der Waals surface area contributed by atoms with Crippen molar-refractivity contribution in [3.05, 3.63) is 12.2 Å². The number of hydrogen-bond acceptors (Lipinski definition) is 7. The number of carbonyl (C=O) groups is 3. The molecule has 0 radical (unpaired) electrons. The average molecular weight is 657 g/mol. The van der Waals surface area contributed by atoms with Crippen LogP contribution in [-0.4, -0.2) is 87.4 Å². The summed E-state index contributed by atoms with van der Waals surface area (Å²) in [6, 6.07) is 0. The van der Waals surface area contributed by atoms with Gasteiger partial charge in [0, 0.05) is 12.8 Å². The monoisotopic (exact) mass is 657 g/mol. The molecule has 0 bridgehead atoms. The molecule has 0 aliphatic rings. The molecule has 0 saturated carbocycles. The van der Waals surface area contributed by atoms with Gasteiger partial charge in [-0.1, -0.05) is 109 Å². The SMILES string of the molecule is CCCCCC/C=C\CCCCCCCC(=O)OC(COC(=O)CCCCCCCCCC)COC(OCC[N+](C)(C)C)C(=O)O. The number of allylic oxidation sites excluding steroid dienone is 2. The number of esters is 2. The van der Waals surface area contributed by atoms with Crippen LogP contribution in [0.15, 0.2) is 12.2 Å². The lowest BCUT2D eigenvalue weighted by molar-refractivity contribution is -0.870. The molecule has 0 aromatic heterocycles. The van der Waals surface area contributed by atoms with Crippen LogP contribution in [0.25, 0.3) is 0 Å². The number of ether oxygens (including phenoxy) is 4. The van der Waals surface area contributed by atoms with E-state index in [2.05, 4.69) is 26.0 Å². The summed E-state index contributed by atoms with van der Waals surface area (Å²) in [5.74, 6) is -2.02. The summed E-state index contributed by atoms with van der Waals surface area (Å²) in [6.07, 6.45) is 24.2. The molecular formula is C37H70NO8+. The predicted molar refractivity (Wildman–Crippen MR) is 185 cm³/mol. The van der Waals surface area contributed by atoms with E-state index in [1.165, 1.54) is 64.2 Å². The lowest BCUT2D eigenvalue weighted by Crippen LogP contribution is -2.40. The van der Waals surface area contributed by atoms with Gasteiger partial charge in [-0.3, -0.25) is 9.59 Å². The first-order valence-corrected chi connectivity index (χ1v) is 18.4. The molecule has 0 aliphatic heterocycles. The van der Waals surface area contributed by atoms with E-state index >= 15 is 0 Å². The van der Waals surface area contributed by atoms with E-state index in [-0.39, 0.29) is 32.2 Å². The number of likely N-dealkylation sites (N-methyl/N-ethyl adjacent to an activating group) is 1. The zero-order valence-corrected chi connectivity index (χ0v) is 30.2. The minimum Gasteiger partial charge on any atom is -0.477 e. The van der Waals surface area contributed by atoms with Gasteiger partial charge in [0.05, 0.1) is 34.4 Å². The number of rotatable bonds is 33. The minimum atomic E-state index is -1.50. The van der Waals surface area contributed by atoms with E-state index in [9.17, 15) is 19.5 Å². The Morgan fingerprint density at radius 2 is 1.11 bits per heavy atom. The van der Waals surface area contributed by atoms with Gasteiger partial charge in [-0.15, -0.1) is 0 Å². The Hall–Kier alpha value is -1.97. The van der Waals surface area contributed by atoms with E-state index < -0.39 is 24.3 Å². The number of quaternary nitrogens is 1. The number of carbonyl (C=O) groups excluding carboxylic acids is 2. The predicted octanol–water partition coefficient (Wildman–Crippen LogP) is 8.38. The summed E-state index contributed by atoms with van der Waals surface area (Å²) in [7, 11) is 5.93. The van der Waals surface area contributed by atoms with Gasteiger partial charge in [0.15, 0.2) is 6.10 Å². The van der Waals surface area contributed by atoms with Gasteiger partial charge < -0.3 is 28.5 Å². The van der Waals surface area contributed by atoms with Gasteiger partial charge in [0.25, 0.3) is 6.29 Å². The first kappa shape index (κ1) is 44.0. The number of aliphatic carboxylic acids is 1. The molecule has 0 fully saturated rings. The second-order valence-corrected chi connectivity index (χ2v) is 13.5. The quantitative estimate of drug-likeness (QED) is 0.0247. The molecule has 0 aliphatic carbocycles. The van der Waals surface area contributed by atoms with Crippen molar-refractivity contribution in [2.24, 2.45) is 0 Å². The van der Waals surface area contributed by atoms with Crippen LogP contribution in [0, 0.1) is 0 Å². The zero-order valence-electron chi connectivity index (χ0n) is 30.2. The maximum absolute atomic E-state index is 12.6. The summed E-state index contributed by atoms with van der Waals surface area (Å²) >= 11 is 0. The molecule has 46 heavy (non-hydrogen) atoms. The van der Waals surface area contributed by atoms with Crippen LogP contribution >= 0.6 is 0 Å². The maximum atomic E-state index is 12.6. The highest BCUT2D eigenvalue weighted by atomic mass is 16.7. The molecular weight excluding hydrogens is 586 g/mol. The Kier molecular flexibility index (Phi) is 29.1. The third-order valence-electron chi connectivity index (χ3n) is 7.77. The molecule has 0 saturated heterocycles. The molecule has 9 heteroatoms. The average Bonchev–Trinajstić information content (AvgIpc) is 3.00. The molecule has 2 unspecified atom stereocenters. The lowest BCUT2D eigenvalue weighted by atomic mass is 10.1. The fourth-order valence-corrected chi connectivity index (χ4v) is 4.83. The second-order valence-electron chi connectivity index (χ2n) is 13.5. The molecule has 0 spiro atoms. The number of carboxylic acid groups (broad SMARTS) is 1. The highest BCUT2D eigenvalue weighted by Crippen LogP contribution is 2.13. The van der Waals surface area contributed by atoms with E-state index in [0.29, 0.717) is 23.9 Å². The highest BCUT2D eigenvalue weighted by Gasteiger charge is 2.25. The Balaban J connectivity index is 4.57. The van der Waals surface area contributed by atoms with Crippen LogP contribution < -0.4 is 0 Å². The maximum Gasteiger partial charge on any atom is 0.361 e. The van der Waals surface area contributed by atoms with E-state index in [4.69, 9.17) is 18.9 Å². The Morgan fingerprint density at radius 3 is 1.63 bits per heavy atom. The second kappa shape index (κ2) is 30.4. The van der Waals surface area contributed by atoms with Crippen LogP contribution in [0.4, 0.5) is 0 Å². The number of unbranched alkanes of at least 4 members (excludes halogenated alkanes) is 16. The van der Waals surface area contributed by atoms with E-state index in [0.717, 1.165) is 51.4 Å². The Labute approximate surface area is 281 Å². The first-order chi connectivity index (χ1) is 22.1. The number of hydrogen-bond donors (Lipinski definition) is 1. The van der Waals surface area contributed by atoms with Crippen molar-refractivity contribution in [1.29, 1.82) is 0 Å². The number of carboxylic acids is 1. The fraction of sp³-hybridized carbons (Fsp3) is 0.865. The molecule has 0 amide bonds. The summed E-state index contributed by atoms with van der Waals surface area (Å²) in [6.45, 7) is 4.79. The minimum absolute atomic E-state index is 0.182. The van der Waals surface area contributed by atoms with Crippen molar-refractivity contribution in [2.75, 3.05) is 47.5 Å². The van der Waals surface area contributed by atoms with Crippen LogP contribution in [-0.2, 0) is 33.3 Å². The smallest absolute Gasteiger partial charge is 0.361 e. The Morgan fingerprint density at radius 1 is 0.630 bits per heavy atom. The molecule has 9 nitrogen and oxygen atoms in total.